The van der Waals surface area contributed by atoms with Crippen molar-refractivity contribution in [2.24, 2.45) is 0 Å². The summed E-state index contributed by atoms with van der Waals surface area (Å²) in [5.41, 5.74) is 22.0. The van der Waals surface area contributed by atoms with E-state index in [-0.39, 0.29) is 0 Å². The first-order chi connectivity index (χ1) is 30.2. The number of hydrogen-bond acceptors (Lipinski definition) is 0. The monoisotopic (exact) mass is 776 g/mol. The lowest BCUT2D eigenvalue weighted by molar-refractivity contribution is 1.20. The lowest BCUT2D eigenvalue weighted by Crippen LogP contribution is -1.94. The van der Waals surface area contributed by atoms with Gasteiger partial charge in [0.15, 0.2) is 0 Å². The molecule has 0 heteroatoms. The van der Waals surface area contributed by atoms with Crippen molar-refractivity contribution in [3.63, 3.8) is 0 Å². The molecule has 10 aromatic rings. The quantitative estimate of drug-likeness (QED) is 0.130. The summed E-state index contributed by atoms with van der Waals surface area (Å²) < 4.78 is 0. The van der Waals surface area contributed by atoms with Gasteiger partial charge in [-0.05, 0) is 119 Å². The average Bonchev–Trinajstić information content (AvgIpc) is 3.35. The summed E-state index contributed by atoms with van der Waals surface area (Å²) in [4.78, 5) is 0. The van der Waals surface area contributed by atoms with Gasteiger partial charge < -0.3 is 0 Å². The van der Waals surface area contributed by atoms with Crippen molar-refractivity contribution in [1.29, 1.82) is 0 Å². The Labute approximate surface area is 359 Å². The van der Waals surface area contributed by atoms with Gasteiger partial charge in [-0.3, -0.25) is 0 Å². The minimum atomic E-state index is 0.788. The highest BCUT2D eigenvalue weighted by molar-refractivity contribution is 5.80. The smallest absolute Gasteiger partial charge is 0.00249 e. The van der Waals surface area contributed by atoms with Crippen LogP contribution in [0.1, 0.15) is 11.1 Å². The molecule has 0 nitrogen and oxygen atoms in total. The third-order valence-electron chi connectivity index (χ3n) is 11.7. The molecule has 0 spiro atoms. The summed E-state index contributed by atoms with van der Waals surface area (Å²) in [6, 6.07) is 92.7. The molecule has 0 atom stereocenters. The van der Waals surface area contributed by atoms with Gasteiger partial charge in [0.1, 0.15) is 0 Å². The Hall–Kier alpha value is -7.80. The van der Waals surface area contributed by atoms with Gasteiger partial charge in [0.05, 0.1) is 0 Å². The molecule has 0 fully saturated rings. The second kappa shape index (κ2) is 17.2. The minimum Gasteiger partial charge on any atom is -0.0622 e. The molecule has 10 rings (SSSR count). The fourth-order valence-corrected chi connectivity index (χ4v) is 8.43. The van der Waals surface area contributed by atoms with Crippen molar-refractivity contribution in [2.75, 3.05) is 0 Å². The summed E-state index contributed by atoms with van der Waals surface area (Å²) in [5.74, 6) is 0. The minimum absolute atomic E-state index is 0.788. The van der Waals surface area contributed by atoms with Gasteiger partial charge in [-0.25, -0.2) is 0 Å². The van der Waals surface area contributed by atoms with Gasteiger partial charge in [-0.2, -0.15) is 0 Å². The predicted molar refractivity (Wildman–Crippen MR) is 259 cm³/mol. The van der Waals surface area contributed by atoms with Crippen LogP contribution in [0.3, 0.4) is 0 Å². The zero-order chi connectivity index (χ0) is 40.8. The molecule has 0 saturated heterocycles. The number of benzene rings is 10. The molecule has 0 aromatic heterocycles. The SMILES string of the molecule is c1ccc(-c2ccc(-c3cc(Cc4cc(-c5ccc(-c6ccccc6)cc5)cc(-c5ccc(-c6ccccc6)cc5)c4)cc(-c4ccc(-c5ccccc5)cc4)c3)cc2)cc1. The zero-order valence-electron chi connectivity index (χ0n) is 34.0. The summed E-state index contributed by atoms with van der Waals surface area (Å²) in [6.07, 6.45) is 0.788. The van der Waals surface area contributed by atoms with Crippen LogP contribution in [0, 0.1) is 0 Å². The second-order valence-corrected chi connectivity index (χ2v) is 15.8. The number of hydrogen-bond donors (Lipinski definition) is 0. The van der Waals surface area contributed by atoms with Gasteiger partial charge in [0.25, 0.3) is 0 Å². The second-order valence-electron chi connectivity index (χ2n) is 15.8. The lowest BCUT2D eigenvalue weighted by atomic mass is 9.90. The van der Waals surface area contributed by atoms with Crippen molar-refractivity contribution in [2.45, 2.75) is 6.42 Å². The van der Waals surface area contributed by atoms with Crippen molar-refractivity contribution < 1.29 is 0 Å². The first kappa shape index (κ1) is 37.5. The molecular formula is C61H44. The molecule has 0 heterocycles. The molecule has 0 aliphatic carbocycles. The molecule has 0 saturated carbocycles. The van der Waals surface area contributed by atoms with Gasteiger partial charge in [0.2, 0.25) is 0 Å². The molecule has 10 aromatic carbocycles. The Bertz CT molecular complexity index is 2590. The van der Waals surface area contributed by atoms with Crippen LogP contribution in [0.4, 0.5) is 0 Å². The Morgan fingerprint density at radius 1 is 0.148 bits per heavy atom. The van der Waals surface area contributed by atoms with E-state index < -0.39 is 0 Å². The van der Waals surface area contributed by atoms with E-state index in [1.165, 1.54) is 100 Å². The molecule has 0 amide bonds. The summed E-state index contributed by atoms with van der Waals surface area (Å²) in [5, 5.41) is 0. The van der Waals surface area contributed by atoms with Crippen molar-refractivity contribution in [3.05, 3.63) is 266 Å². The molecule has 0 bridgehead atoms. The molecule has 61 heavy (non-hydrogen) atoms. The van der Waals surface area contributed by atoms with E-state index in [0.29, 0.717) is 0 Å². The van der Waals surface area contributed by atoms with Gasteiger partial charge >= 0.3 is 0 Å². The Morgan fingerprint density at radius 2 is 0.311 bits per heavy atom. The van der Waals surface area contributed by atoms with Crippen LogP contribution in [0.15, 0.2) is 255 Å². The predicted octanol–water partition coefficient (Wildman–Crippen LogP) is 16.6. The van der Waals surface area contributed by atoms with E-state index in [1.54, 1.807) is 0 Å². The van der Waals surface area contributed by atoms with E-state index in [4.69, 9.17) is 0 Å². The Morgan fingerprint density at radius 3 is 0.508 bits per heavy atom. The molecule has 0 unspecified atom stereocenters. The normalized spacial score (nSPS) is 11.0. The largest absolute Gasteiger partial charge is 0.0622 e. The van der Waals surface area contributed by atoms with Crippen molar-refractivity contribution in [3.8, 4) is 89.0 Å². The van der Waals surface area contributed by atoms with E-state index >= 15 is 0 Å². The topological polar surface area (TPSA) is 0 Å². The van der Waals surface area contributed by atoms with Gasteiger partial charge in [0, 0.05) is 0 Å². The van der Waals surface area contributed by atoms with Gasteiger partial charge in [-0.1, -0.05) is 243 Å². The fourth-order valence-electron chi connectivity index (χ4n) is 8.43. The average molecular weight is 777 g/mol. The van der Waals surface area contributed by atoms with E-state index in [0.717, 1.165) is 6.42 Å². The maximum atomic E-state index is 2.38. The highest BCUT2D eigenvalue weighted by atomic mass is 14.2. The van der Waals surface area contributed by atoms with Crippen molar-refractivity contribution >= 4 is 0 Å². The van der Waals surface area contributed by atoms with Crippen LogP contribution >= 0.6 is 0 Å². The highest BCUT2D eigenvalue weighted by Crippen LogP contribution is 2.35. The van der Waals surface area contributed by atoms with E-state index in [2.05, 4.69) is 255 Å². The first-order valence-electron chi connectivity index (χ1n) is 21.1. The van der Waals surface area contributed by atoms with Crippen LogP contribution in [0.2, 0.25) is 0 Å². The molecule has 288 valence electrons. The summed E-state index contributed by atoms with van der Waals surface area (Å²) >= 11 is 0. The van der Waals surface area contributed by atoms with Crippen LogP contribution in [0.5, 0.6) is 0 Å². The van der Waals surface area contributed by atoms with E-state index in [1.807, 2.05) is 0 Å². The molecule has 0 aliphatic heterocycles. The first-order valence-corrected chi connectivity index (χ1v) is 21.1. The van der Waals surface area contributed by atoms with Crippen LogP contribution in [-0.2, 0) is 6.42 Å². The van der Waals surface area contributed by atoms with Gasteiger partial charge in [-0.15, -0.1) is 0 Å². The van der Waals surface area contributed by atoms with Crippen LogP contribution in [-0.4, -0.2) is 0 Å². The van der Waals surface area contributed by atoms with Crippen LogP contribution in [0.25, 0.3) is 89.0 Å². The highest BCUT2D eigenvalue weighted by Gasteiger charge is 2.12. The molecule has 0 N–H and O–H groups in total. The summed E-state index contributed by atoms with van der Waals surface area (Å²) in [6.45, 7) is 0. The fraction of sp³-hybridized carbons (Fsp3) is 0.0164. The van der Waals surface area contributed by atoms with Crippen LogP contribution < -0.4 is 0 Å². The Kier molecular flexibility index (Phi) is 10.6. The van der Waals surface area contributed by atoms with Crippen molar-refractivity contribution in [1.82, 2.24) is 0 Å². The third-order valence-corrected chi connectivity index (χ3v) is 11.7. The number of rotatable bonds is 10. The molecule has 0 aliphatic rings. The standard InChI is InChI=1S/C61H44/c1-5-13-46(14-6-1)50-21-29-54(30-22-50)58-38-44(39-59(42-58)55-31-23-51(24-32-55)47-15-7-2-8-16-47)37-45-40-60(56-33-25-52(26-34-56)48-17-9-3-10-18-48)43-61(41-45)57-35-27-53(28-36-57)49-19-11-4-12-20-49/h1-36,38-43H,37H2. The maximum absolute atomic E-state index is 2.38. The maximum Gasteiger partial charge on any atom is -0.00249 e. The molecular weight excluding hydrogens is 733 g/mol. The third kappa shape index (κ3) is 8.53. The molecule has 0 radical (unpaired) electrons. The lowest BCUT2D eigenvalue weighted by Gasteiger charge is -2.15. The summed E-state index contributed by atoms with van der Waals surface area (Å²) in [7, 11) is 0. The Balaban J connectivity index is 1.05. The zero-order valence-corrected chi connectivity index (χ0v) is 34.0. The van der Waals surface area contributed by atoms with E-state index in [9.17, 15) is 0 Å².